The molecule has 1 atom stereocenters. The highest BCUT2D eigenvalue weighted by Gasteiger charge is 2.28. The number of hydrogen-bond acceptors (Lipinski definition) is 5. The van der Waals surface area contributed by atoms with E-state index in [-0.39, 0.29) is 17.6 Å². The molecule has 0 aliphatic carbocycles. The molecule has 2 aliphatic rings. The highest BCUT2D eigenvalue weighted by atomic mass is 16.5. The van der Waals surface area contributed by atoms with Gasteiger partial charge in [-0.15, -0.1) is 0 Å². The molecule has 144 valence electrons. The summed E-state index contributed by atoms with van der Waals surface area (Å²) in [7, 11) is 0. The highest BCUT2D eigenvalue weighted by Crippen LogP contribution is 2.18. The van der Waals surface area contributed by atoms with Crippen molar-refractivity contribution in [3.63, 3.8) is 0 Å². The Morgan fingerprint density at radius 1 is 1.31 bits per heavy atom. The Hall–Kier alpha value is -1.63. The Bertz CT molecular complexity index is 593. The fourth-order valence-electron chi connectivity index (χ4n) is 3.37. The first-order valence-electron chi connectivity index (χ1n) is 9.50. The van der Waals surface area contributed by atoms with Gasteiger partial charge in [-0.25, -0.2) is 0 Å². The maximum absolute atomic E-state index is 12.6. The van der Waals surface area contributed by atoms with Crippen LogP contribution >= 0.6 is 0 Å². The molecule has 6 nitrogen and oxygen atoms in total. The van der Waals surface area contributed by atoms with Crippen molar-refractivity contribution in [3.05, 3.63) is 29.8 Å². The molecule has 0 bridgehead atoms. The quantitative estimate of drug-likeness (QED) is 0.805. The molecule has 2 saturated heterocycles. The number of benzene rings is 1. The fraction of sp³-hybridized carbons (Fsp3) is 0.650. The van der Waals surface area contributed by atoms with E-state index in [1.54, 1.807) is 6.07 Å². The van der Waals surface area contributed by atoms with Crippen molar-refractivity contribution in [3.8, 4) is 5.75 Å². The number of rotatable bonds is 7. The summed E-state index contributed by atoms with van der Waals surface area (Å²) in [4.78, 5) is 14.9. The van der Waals surface area contributed by atoms with Crippen molar-refractivity contribution in [2.75, 3.05) is 46.1 Å². The normalized spacial score (nSPS) is 21.5. The molecule has 2 aliphatic heterocycles. The lowest BCUT2D eigenvalue weighted by Crippen LogP contribution is -2.55. The third-order valence-electron chi connectivity index (χ3n) is 5.10. The van der Waals surface area contributed by atoms with Crippen LogP contribution in [0.5, 0.6) is 5.75 Å². The number of ether oxygens (including phenoxy) is 3. The van der Waals surface area contributed by atoms with Gasteiger partial charge in [0, 0.05) is 37.3 Å². The number of nitrogens with zero attached hydrogens (tertiary/aromatic N) is 1. The minimum atomic E-state index is -0.104. The number of nitrogens with one attached hydrogen (secondary N) is 1. The number of carbonyl (C=O) groups excluding carboxylic acids is 1. The number of morpholine rings is 1. The molecule has 2 heterocycles. The molecule has 26 heavy (non-hydrogen) atoms. The average molecular weight is 362 g/mol. The van der Waals surface area contributed by atoms with Crippen LogP contribution in [0.3, 0.4) is 0 Å². The predicted molar refractivity (Wildman–Crippen MR) is 99.7 cm³/mol. The zero-order valence-electron chi connectivity index (χ0n) is 15.8. The number of amides is 1. The summed E-state index contributed by atoms with van der Waals surface area (Å²) in [6, 6.07) is 7.35. The van der Waals surface area contributed by atoms with Crippen molar-refractivity contribution >= 4 is 5.91 Å². The average Bonchev–Trinajstić information content (AvgIpc) is 3.19. The Kier molecular flexibility index (Phi) is 6.51. The van der Waals surface area contributed by atoms with Crippen molar-refractivity contribution in [1.82, 2.24) is 10.2 Å². The Morgan fingerprint density at radius 2 is 2.12 bits per heavy atom. The molecule has 1 aromatic carbocycles. The summed E-state index contributed by atoms with van der Waals surface area (Å²) in [5, 5.41) is 3.06. The van der Waals surface area contributed by atoms with E-state index in [9.17, 15) is 4.79 Å². The molecule has 0 radical (unpaired) electrons. The van der Waals surface area contributed by atoms with Gasteiger partial charge in [0.05, 0.1) is 19.3 Å². The Morgan fingerprint density at radius 3 is 2.85 bits per heavy atom. The number of carbonyl (C=O) groups is 1. The van der Waals surface area contributed by atoms with Crippen LogP contribution in [0.25, 0.3) is 0 Å². The molecular weight excluding hydrogens is 332 g/mol. The van der Waals surface area contributed by atoms with E-state index in [0.717, 1.165) is 45.8 Å². The van der Waals surface area contributed by atoms with Gasteiger partial charge in [0.2, 0.25) is 0 Å². The van der Waals surface area contributed by atoms with Crippen LogP contribution in [-0.4, -0.2) is 68.5 Å². The van der Waals surface area contributed by atoms with Crippen LogP contribution in [0.2, 0.25) is 0 Å². The summed E-state index contributed by atoms with van der Waals surface area (Å²) < 4.78 is 16.8. The van der Waals surface area contributed by atoms with Gasteiger partial charge in [-0.05, 0) is 44.9 Å². The lowest BCUT2D eigenvalue weighted by atomic mass is 10.0. The third-order valence-corrected chi connectivity index (χ3v) is 5.10. The lowest BCUT2D eigenvalue weighted by molar-refractivity contribution is -0.00923. The first kappa shape index (κ1) is 19.1. The lowest BCUT2D eigenvalue weighted by Gasteiger charge is -2.40. The summed E-state index contributed by atoms with van der Waals surface area (Å²) in [6.07, 6.45) is 2.30. The summed E-state index contributed by atoms with van der Waals surface area (Å²) >= 11 is 0. The zero-order valence-corrected chi connectivity index (χ0v) is 15.8. The van der Waals surface area contributed by atoms with Crippen LogP contribution in [0.4, 0.5) is 0 Å². The molecule has 3 rings (SSSR count). The van der Waals surface area contributed by atoms with Gasteiger partial charge in [-0.3, -0.25) is 9.69 Å². The monoisotopic (exact) mass is 362 g/mol. The standard InChI is InChI=1S/C20H30N2O4/c1-20(2,22-8-11-24-12-9-22)15-21-19(23)16-5-3-6-17(13-16)26-14-18-7-4-10-25-18/h3,5-6,13,18H,4,7-12,14-15H2,1-2H3,(H,21,23)/t18-/m1/s1. The smallest absolute Gasteiger partial charge is 0.251 e. The summed E-state index contributed by atoms with van der Waals surface area (Å²) in [6.45, 7) is 9.55. The van der Waals surface area contributed by atoms with E-state index >= 15 is 0 Å². The van der Waals surface area contributed by atoms with E-state index in [1.807, 2.05) is 18.2 Å². The zero-order chi connectivity index (χ0) is 18.4. The molecule has 2 fully saturated rings. The summed E-state index contributed by atoms with van der Waals surface area (Å²) in [5.74, 6) is 0.634. The minimum absolute atomic E-state index is 0.0751. The van der Waals surface area contributed by atoms with E-state index in [4.69, 9.17) is 14.2 Å². The first-order chi connectivity index (χ1) is 12.5. The van der Waals surface area contributed by atoms with Gasteiger partial charge in [0.25, 0.3) is 5.91 Å². The molecule has 1 aromatic rings. The molecule has 0 saturated carbocycles. The van der Waals surface area contributed by atoms with Crippen LogP contribution in [0.1, 0.15) is 37.0 Å². The topological polar surface area (TPSA) is 60.0 Å². The minimum Gasteiger partial charge on any atom is -0.491 e. The first-order valence-corrected chi connectivity index (χ1v) is 9.50. The van der Waals surface area contributed by atoms with E-state index in [0.29, 0.717) is 24.5 Å². The molecular formula is C20H30N2O4. The Balaban J connectivity index is 1.51. The van der Waals surface area contributed by atoms with E-state index < -0.39 is 0 Å². The maximum atomic E-state index is 12.6. The van der Waals surface area contributed by atoms with Crippen molar-refractivity contribution in [2.45, 2.75) is 38.3 Å². The number of hydrogen-bond donors (Lipinski definition) is 1. The SMILES string of the molecule is CC(C)(CNC(=O)c1cccc(OC[C@H]2CCCO2)c1)N1CCOCC1. The van der Waals surface area contributed by atoms with E-state index in [1.165, 1.54) is 0 Å². The van der Waals surface area contributed by atoms with Gasteiger partial charge >= 0.3 is 0 Å². The van der Waals surface area contributed by atoms with Crippen molar-refractivity contribution in [1.29, 1.82) is 0 Å². The van der Waals surface area contributed by atoms with Crippen LogP contribution < -0.4 is 10.1 Å². The molecule has 0 aromatic heterocycles. The van der Waals surface area contributed by atoms with Gasteiger partial charge < -0.3 is 19.5 Å². The van der Waals surface area contributed by atoms with Crippen molar-refractivity contribution < 1.29 is 19.0 Å². The fourth-order valence-corrected chi connectivity index (χ4v) is 3.37. The molecule has 1 N–H and O–H groups in total. The largest absolute Gasteiger partial charge is 0.491 e. The molecule has 6 heteroatoms. The second kappa shape index (κ2) is 8.84. The highest BCUT2D eigenvalue weighted by molar-refractivity contribution is 5.94. The second-order valence-electron chi connectivity index (χ2n) is 7.57. The predicted octanol–water partition coefficient (Wildman–Crippen LogP) is 2.08. The van der Waals surface area contributed by atoms with Gasteiger partial charge in [0.1, 0.15) is 12.4 Å². The van der Waals surface area contributed by atoms with Crippen molar-refractivity contribution in [2.24, 2.45) is 0 Å². The van der Waals surface area contributed by atoms with E-state index in [2.05, 4.69) is 24.1 Å². The van der Waals surface area contributed by atoms with Gasteiger partial charge in [-0.1, -0.05) is 6.07 Å². The van der Waals surface area contributed by atoms with Crippen LogP contribution in [-0.2, 0) is 9.47 Å². The molecule has 0 unspecified atom stereocenters. The summed E-state index contributed by atoms with van der Waals surface area (Å²) in [5.41, 5.74) is 0.514. The Labute approximate surface area is 155 Å². The maximum Gasteiger partial charge on any atom is 0.251 e. The molecule has 0 spiro atoms. The molecule has 1 amide bonds. The third kappa shape index (κ3) is 5.19. The van der Waals surface area contributed by atoms with Crippen LogP contribution in [0, 0.1) is 0 Å². The van der Waals surface area contributed by atoms with Crippen LogP contribution in [0.15, 0.2) is 24.3 Å². The van der Waals surface area contributed by atoms with Gasteiger partial charge in [-0.2, -0.15) is 0 Å². The van der Waals surface area contributed by atoms with Gasteiger partial charge in [0.15, 0.2) is 0 Å². The second-order valence-corrected chi connectivity index (χ2v) is 7.57.